The Kier molecular flexibility index (Phi) is 5.01. The van der Waals surface area contributed by atoms with Gasteiger partial charge in [-0.25, -0.2) is 13.6 Å². The van der Waals surface area contributed by atoms with Crippen LogP contribution in [0.1, 0.15) is 26.3 Å². The molecule has 1 N–H and O–H groups in total. The van der Waals surface area contributed by atoms with E-state index in [-0.39, 0.29) is 12.1 Å². The van der Waals surface area contributed by atoms with Gasteiger partial charge in [0.15, 0.2) is 11.6 Å². The van der Waals surface area contributed by atoms with E-state index in [1.165, 1.54) is 6.07 Å². The van der Waals surface area contributed by atoms with Crippen molar-refractivity contribution >= 4 is 6.09 Å². The lowest BCUT2D eigenvalue weighted by Crippen LogP contribution is -2.55. The van der Waals surface area contributed by atoms with E-state index in [9.17, 15) is 13.6 Å². The fourth-order valence-electron chi connectivity index (χ4n) is 2.44. The first-order valence-electron chi connectivity index (χ1n) is 7.40. The molecule has 1 aliphatic heterocycles. The van der Waals surface area contributed by atoms with Gasteiger partial charge in [0.05, 0.1) is 6.04 Å². The second-order valence-corrected chi connectivity index (χ2v) is 6.48. The number of piperazine rings is 1. The smallest absolute Gasteiger partial charge is 0.410 e. The number of nitrogens with one attached hydrogen (secondary N) is 1. The van der Waals surface area contributed by atoms with Gasteiger partial charge in [-0.3, -0.25) is 0 Å². The summed E-state index contributed by atoms with van der Waals surface area (Å²) < 4.78 is 31.7. The number of ether oxygens (including phenoxy) is 1. The monoisotopic (exact) mass is 312 g/mol. The topological polar surface area (TPSA) is 41.6 Å². The number of carbonyl (C=O) groups is 1. The first kappa shape index (κ1) is 16.7. The van der Waals surface area contributed by atoms with Gasteiger partial charge < -0.3 is 15.0 Å². The molecule has 1 aromatic carbocycles. The number of hydrogen-bond acceptors (Lipinski definition) is 3. The highest BCUT2D eigenvalue weighted by molar-refractivity contribution is 5.68. The largest absolute Gasteiger partial charge is 0.444 e. The van der Waals surface area contributed by atoms with Crippen LogP contribution >= 0.6 is 0 Å². The van der Waals surface area contributed by atoms with E-state index < -0.39 is 17.2 Å². The van der Waals surface area contributed by atoms with E-state index in [2.05, 4.69) is 5.32 Å². The van der Waals surface area contributed by atoms with E-state index in [0.29, 0.717) is 31.6 Å². The summed E-state index contributed by atoms with van der Waals surface area (Å²) in [5.41, 5.74) is 0.0928. The molecule has 0 bridgehead atoms. The van der Waals surface area contributed by atoms with Crippen molar-refractivity contribution in [2.24, 2.45) is 0 Å². The van der Waals surface area contributed by atoms with Crippen molar-refractivity contribution < 1.29 is 18.3 Å². The molecule has 1 aromatic rings. The summed E-state index contributed by atoms with van der Waals surface area (Å²) in [5, 5.41) is 3.21. The maximum absolute atomic E-state index is 13.3. The number of rotatable bonds is 2. The zero-order valence-electron chi connectivity index (χ0n) is 13.2. The third-order valence-corrected chi connectivity index (χ3v) is 3.43. The van der Waals surface area contributed by atoms with E-state index in [0.717, 1.165) is 6.07 Å². The number of carbonyl (C=O) groups excluding carboxylic acids is 1. The van der Waals surface area contributed by atoms with Crippen molar-refractivity contribution in [3.8, 4) is 0 Å². The first-order valence-corrected chi connectivity index (χ1v) is 7.40. The number of amides is 1. The predicted molar refractivity (Wildman–Crippen MR) is 79.7 cm³/mol. The van der Waals surface area contributed by atoms with Crippen LogP contribution in [-0.2, 0) is 11.2 Å². The van der Waals surface area contributed by atoms with Crippen molar-refractivity contribution in [2.75, 3.05) is 19.6 Å². The van der Waals surface area contributed by atoms with Crippen LogP contribution in [0, 0.1) is 11.6 Å². The van der Waals surface area contributed by atoms with Crippen molar-refractivity contribution in [1.82, 2.24) is 10.2 Å². The predicted octanol–water partition coefficient (Wildman–Crippen LogP) is 2.72. The molecule has 1 fully saturated rings. The average molecular weight is 312 g/mol. The fourth-order valence-corrected chi connectivity index (χ4v) is 2.44. The zero-order chi connectivity index (χ0) is 16.3. The molecule has 22 heavy (non-hydrogen) atoms. The van der Waals surface area contributed by atoms with Gasteiger partial charge in [-0.2, -0.15) is 0 Å². The minimum Gasteiger partial charge on any atom is -0.444 e. The Morgan fingerprint density at radius 3 is 2.73 bits per heavy atom. The summed E-state index contributed by atoms with van der Waals surface area (Å²) in [6.07, 6.45) is 0.0743. The summed E-state index contributed by atoms with van der Waals surface area (Å²) in [7, 11) is 0. The molecule has 1 atom stereocenters. The average Bonchev–Trinajstić information content (AvgIpc) is 2.41. The van der Waals surface area contributed by atoms with Gasteiger partial charge in [0.2, 0.25) is 0 Å². The fraction of sp³-hybridized carbons (Fsp3) is 0.562. The second kappa shape index (κ2) is 6.60. The van der Waals surface area contributed by atoms with Crippen LogP contribution in [0.2, 0.25) is 0 Å². The highest BCUT2D eigenvalue weighted by Gasteiger charge is 2.30. The van der Waals surface area contributed by atoms with Crippen LogP contribution in [0.5, 0.6) is 0 Å². The van der Waals surface area contributed by atoms with Gasteiger partial charge in [0.25, 0.3) is 0 Å². The van der Waals surface area contributed by atoms with Gasteiger partial charge in [-0.05, 0) is 44.9 Å². The molecule has 1 heterocycles. The van der Waals surface area contributed by atoms with Crippen LogP contribution in [0.25, 0.3) is 0 Å². The molecule has 2 rings (SSSR count). The lowest BCUT2D eigenvalue weighted by molar-refractivity contribution is 0.0122. The molecule has 0 saturated carbocycles. The molecule has 6 heteroatoms. The summed E-state index contributed by atoms with van der Waals surface area (Å²) >= 11 is 0. The minimum absolute atomic E-state index is 0.145. The Morgan fingerprint density at radius 2 is 2.09 bits per heavy atom. The number of halogens is 2. The van der Waals surface area contributed by atoms with Crippen molar-refractivity contribution in [1.29, 1.82) is 0 Å². The first-order chi connectivity index (χ1) is 10.3. The lowest BCUT2D eigenvalue weighted by Gasteiger charge is -2.37. The van der Waals surface area contributed by atoms with Crippen molar-refractivity contribution in [3.05, 3.63) is 35.4 Å². The van der Waals surface area contributed by atoms with Crippen LogP contribution in [-0.4, -0.2) is 42.3 Å². The van der Waals surface area contributed by atoms with Crippen LogP contribution < -0.4 is 5.32 Å². The molecule has 0 aromatic heterocycles. The molecule has 0 spiro atoms. The Bertz CT molecular complexity index is 543. The third-order valence-electron chi connectivity index (χ3n) is 3.43. The van der Waals surface area contributed by atoms with Crippen molar-refractivity contribution in [2.45, 2.75) is 38.8 Å². The molecule has 1 unspecified atom stereocenters. The van der Waals surface area contributed by atoms with Crippen molar-refractivity contribution in [3.63, 3.8) is 0 Å². The molecular formula is C16H22F2N2O2. The number of benzene rings is 1. The van der Waals surface area contributed by atoms with E-state index >= 15 is 0 Å². The molecule has 1 saturated heterocycles. The molecular weight excluding hydrogens is 290 g/mol. The molecule has 1 amide bonds. The number of nitrogens with zero attached hydrogens (tertiary/aromatic N) is 1. The van der Waals surface area contributed by atoms with E-state index in [4.69, 9.17) is 4.74 Å². The van der Waals surface area contributed by atoms with Gasteiger partial charge in [0.1, 0.15) is 5.60 Å². The van der Waals surface area contributed by atoms with Gasteiger partial charge >= 0.3 is 6.09 Å². The van der Waals surface area contributed by atoms with E-state index in [1.807, 2.05) is 20.8 Å². The quantitative estimate of drug-likeness (QED) is 0.913. The normalized spacial score (nSPS) is 19.1. The Hall–Kier alpha value is -1.69. The highest BCUT2D eigenvalue weighted by atomic mass is 19.2. The summed E-state index contributed by atoms with van der Waals surface area (Å²) in [6, 6.07) is 3.68. The highest BCUT2D eigenvalue weighted by Crippen LogP contribution is 2.17. The van der Waals surface area contributed by atoms with Crippen LogP contribution in [0.3, 0.4) is 0 Å². The molecule has 0 aliphatic carbocycles. The molecule has 1 aliphatic rings. The van der Waals surface area contributed by atoms with Crippen LogP contribution in [0.15, 0.2) is 18.2 Å². The Labute approximate surface area is 129 Å². The van der Waals surface area contributed by atoms with Gasteiger partial charge in [-0.1, -0.05) is 6.07 Å². The SMILES string of the molecule is CC(C)(C)OC(=O)N1CCNCC1Cc1ccc(F)c(F)c1. The van der Waals surface area contributed by atoms with Gasteiger partial charge in [-0.15, -0.1) is 0 Å². The Morgan fingerprint density at radius 1 is 1.36 bits per heavy atom. The maximum Gasteiger partial charge on any atom is 0.410 e. The maximum atomic E-state index is 13.3. The number of hydrogen-bond donors (Lipinski definition) is 1. The molecule has 122 valence electrons. The zero-order valence-corrected chi connectivity index (χ0v) is 13.2. The molecule has 4 nitrogen and oxygen atoms in total. The van der Waals surface area contributed by atoms with Crippen LogP contribution in [0.4, 0.5) is 13.6 Å². The molecule has 0 radical (unpaired) electrons. The minimum atomic E-state index is -0.870. The summed E-state index contributed by atoms with van der Waals surface area (Å²) in [4.78, 5) is 13.9. The second-order valence-electron chi connectivity index (χ2n) is 6.48. The lowest BCUT2D eigenvalue weighted by atomic mass is 10.0. The van der Waals surface area contributed by atoms with Gasteiger partial charge in [0, 0.05) is 19.6 Å². The summed E-state index contributed by atoms with van der Waals surface area (Å²) in [5.74, 6) is -1.74. The standard InChI is InChI=1S/C16H22F2N2O2/c1-16(2,3)22-15(21)20-7-6-19-10-12(20)8-11-4-5-13(17)14(18)9-11/h4-5,9,12,19H,6-8,10H2,1-3H3. The summed E-state index contributed by atoms with van der Waals surface area (Å²) in [6.45, 7) is 7.27. The van der Waals surface area contributed by atoms with E-state index in [1.54, 1.807) is 11.0 Å². The third kappa shape index (κ3) is 4.40. The Balaban J connectivity index is 2.09.